The molecule has 1 aromatic heterocycles. The second-order valence-corrected chi connectivity index (χ2v) is 11.6. The van der Waals surface area contributed by atoms with Crippen LogP contribution in [-0.2, 0) is 27.2 Å². The number of likely N-dealkylation sites (tertiary alicyclic amines) is 1. The number of pyridine rings is 1. The number of nitrogens with zero attached hydrogens (tertiary/aromatic N) is 2. The highest BCUT2D eigenvalue weighted by atomic mass is 79.9. The Hall–Kier alpha value is -1.73. The van der Waals surface area contributed by atoms with E-state index >= 15 is 0 Å². The highest BCUT2D eigenvalue weighted by Crippen LogP contribution is 2.45. The van der Waals surface area contributed by atoms with Crippen LogP contribution in [-0.4, -0.2) is 42.0 Å². The van der Waals surface area contributed by atoms with E-state index in [1.165, 1.54) is 39.5 Å². The Labute approximate surface area is 225 Å². The molecule has 1 atom stereocenters. The Bertz CT molecular complexity index is 1080. The molecule has 5 nitrogen and oxygen atoms in total. The Balaban J connectivity index is 1.45. The fourth-order valence-corrected chi connectivity index (χ4v) is 6.92. The number of esters is 1. The van der Waals surface area contributed by atoms with Crippen molar-refractivity contribution in [3.63, 3.8) is 0 Å². The number of ether oxygens (including phenoxy) is 1. The number of hydrogen-bond donors (Lipinski definition) is 0. The van der Waals surface area contributed by atoms with Gasteiger partial charge in [-0.25, -0.2) is 0 Å². The molecule has 35 heavy (non-hydrogen) atoms. The minimum atomic E-state index is -0.177. The monoisotopic (exact) mass is 604 g/mol. The standard InChI is InChI=1S/C28H34Br2N2O3/c1-18-14-20-8-9-21-16-22(29)17-31-28(21)27(26(20)23(30)15-18)19-10-12-32(13-11-19)24(33)6-4-3-5-7-25(34)35-2/h14-17,19,27H,3-13H2,1-2H3. The van der Waals surface area contributed by atoms with Crippen LogP contribution in [0.1, 0.15) is 78.8 Å². The Morgan fingerprint density at radius 3 is 2.49 bits per heavy atom. The van der Waals surface area contributed by atoms with Crippen molar-refractivity contribution in [2.24, 2.45) is 5.92 Å². The van der Waals surface area contributed by atoms with E-state index in [1.807, 2.05) is 11.1 Å². The van der Waals surface area contributed by atoms with E-state index in [0.717, 1.165) is 62.5 Å². The highest BCUT2D eigenvalue weighted by molar-refractivity contribution is 9.10. The van der Waals surface area contributed by atoms with Crippen LogP contribution in [0.5, 0.6) is 0 Å². The Morgan fingerprint density at radius 2 is 1.74 bits per heavy atom. The molecule has 1 fully saturated rings. The Kier molecular flexibility index (Phi) is 9.03. The van der Waals surface area contributed by atoms with Crippen LogP contribution >= 0.6 is 31.9 Å². The molecule has 2 heterocycles. The Morgan fingerprint density at radius 1 is 1.03 bits per heavy atom. The van der Waals surface area contributed by atoms with Crippen molar-refractivity contribution in [3.8, 4) is 0 Å². The zero-order valence-electron chi connectivity index (χ0n) is 20.6. The first-order valence-electron chi connectivity index (χ1n) is 12.6. The van der Waals surface area contributed by atoms with Crippen LogP contribution in [0.2, 0.25) is 0 Å². The number of unbranched alkanes of at least 4 members (excludes halogenated alkanes) is 2. The van der Waals surface area contributed by atoms with Crippen LogP contribution in [0.15, 0.2) is 33.3 Å². The van der Waals surface area contributed by atoms with Crippen LogP contribution < -0.4 is 0 Å². The molecule has 1 saturated heterocycles. The van der Waals surface area contributed by atoms with Gasteiger partial charge in [0.1, 0.15) is 0 Å². The number of amides is 1. The third-order valence-corrected chi connectivity index (χ3v) is 8.55. The fourth-order valence-electron chi connectivity index (χ4n) is 5.68. The van der Waals surface area contributed by atoms with Crippen molar-refractivity contribution >= 4 is 43.7 Å². The molecule has 4 rings (SSSR count). The summed E-state index contributed by atoms with van der Waals surface area (Å²) in [7, 11) is 1.41. The molecule has 7 heteroatoms. The number of aromatic nitrogens is 1. The molecule has 1 aliphatic heterocycles. The second kappa shape index (κ2) is 12.0. The first-order valence-corrected chi connectivity index (χ1v) is 14.2. The number of carbonyl (C=O) groups is 2. The lowest BCUT2D eigenvalue weighted by molar-refractivity contribution is -0.140. The zero-order chi connectivity index (χ0) is 24.9. The van der Waals surface area contributed by atoms with Gasteiger partial charge in [0, 0.05) is 47.0 Å². The topological polar surface area (TPSA) is 59.5 Å². The lowest BCUT2D eigenvalue weighted by Crippen LogP contribution is -2.40. The molecule has 1 aliphatic carbocycles. The molecule has 1 amide bonds. The molecule has 0 spiro atoms. The summed E-state index contributed by atoms with van der Waals surface area (Å²) in [6.45, 7) is 3.76. The smallest absolute Gasteiger partial charge is 0.305 e. The van der Waals surface area contributed by atoms with E-state index in [2.05, 4.69) is 61.7 Å². The summed E-state index contributed by atoms with van der Waals surface area (Å²) < 4.78 is 6.89. The summed E-state index contributed by atoms with van der Waals surface area (Å²) in [5.74, 6) is 0.745. The molecule has 1 aromatic carbocycles. The third-order valence-electron chi connectivity index (χ3n) is 7.46. The largest absolute Gasteiger partial charge is 0.469 e. The van der Waals surface area contributed by atoms with E-state index < -0.39 is 0 Å². The summed E-state index contributed by atoms with van der Waals surface area (Å²) in [5.41, 5.74) is 6.62. The molecule has 2 aromatic rings. The lowest BCUT2D eigenvalue weighted by Gasteiger charge is -2.37. The average Bonchev–Trinajstić information content (AvgIpc) is 3.00. The predicted octanol–water partition coefficient (Wildman–Crippen LogP) is 6.51. The van der Waals surface area contributed by atoms with Gasteiger partial charge in [0.2, 0.25) is 5.91 Å². The summed E-state index contributed by atoms with van der Waals surface area (Å²) in [5, 5.41) is 0. The molecule has 2 aliphatic rings. The predicted molar refractivity (Wildman–Crippen MR) is 144 cm³/mol. The molecule has 188 valence electrons. The van der Waals surface area contributed by atoms with E-state index in [0.29, 0.717) is 18.8 Å². The van der Waals surface area contributed by atoms with Crippen molar-refractivity contribution in [3.05, 3.63) is 61.3 Å². The number of benzene rings is 1. The number of aryl methyl sites for hydroxylation is 3. The maximum atomic E-state index is 12.8. The van der Waals surface area contributed by atoms with Gasteiger partial charge in [0.05, 0.1) is 12.8 Å². The normalized spacial score (nSPS) is 17.9. The molecular formula is C28H34Br2N2O3. The van der Waals surface area contributed by atoms with E-state index in [-0.39, 0.29) is 17.8 Å². The van der Waals surface area contributed by atoms with Crippen LogP contribution in [0, 0.1) is 12.8 Å². The second-order valence-electron chi connectivity index (χ2n) is 9.85. The molecule has 0 radical (unpaired) electrons. The van der Waals surface area contributed by atoms with Crippen LogP contribution in [0.25, 0.3) is 0 Å². The maximum Gasteiger partial charge on any atom is 0.305 e. The fraction of sp³-hybridized carbons (Fsp3) is 0.536. The van der Waals surface area contributed by atoms with Crippen molar-refractivity contribution in [2.75, 3.05) is 20.2 Å². The number of rotatable bonds is 7. The number of halogens is 2. The number of fused-ring (bicyclic) bond motifs is 2. The average molecular weight is 606 g/mol. The van der Waals surface area contributed by atoms with Crippen molar-refractivity contribution < 1.29 is 14.3 Å². The third kappa shape index (κ3) is 6.34. The number of carbonyl (C=O) groups excluding carboxylic acids is 2. The first-order chi connectivity index (χ1) is 16.9. The summed E-state index contributed by atoms with van der Waals surface area (Å²) in [4.78, 5) is 31.0. The van der Waals surface area contributed by atoms with Gasteiger partial charge in [-0.3, -0.25) is 14.6 Å². The molecular weight excluding hydrogens is 572 g/mol. The van der Waals surface area contributed by atoms with E-state index in [9.17, 15) is 9.59 Å². The van der Waals surface area contributed by atoms with Crippen molar-refractivity contribution in [1.82, 2.24) is 9.88 Å². The van der Waals surface area contributed by atoms with Gasteiger partial charge in [-0.1, -0.05) is 28.4 Å². The quantitative estimate of drug-likeness (QED) is 0.267. The van der Waals surface area contributed by atoms with E-state index in [1.54, 1.807) is 0 Å². The van der Waals surface area contributed by atoms with E-state index in [4.69, 9.17) is 4.98 Å². The van der Waals surface area contributed by atoms with Gasteiger partial charge in [-0.05, 0) is 102 Å². The molecule has 0 N–H and O–H groups in total. The number of hydrogen-bond acceptors (Lipinski definition) is 4. The SMILES string of the molecule is COC(=O)CCCCCC(=O)N1CCC(C2c3ncc(Br)cc3CCc3cc(C)cc(Br)c32)CC1. The summed E-state index contributed by atoms with van der Waals surface area (Å²) >= 11 is 7.52. The minimum absolute atomic E-state index is 0.177. The van der Waals surface area contributed by atoms with Gasteiger partial charge in [0.15, 0.2) is 0 Å². The zero-order valence-corrected chi connectivity index (χ0v) is 23.8. The minimum Gasteiger partial charge on any atom is -0.469 e. The molecule has 0 saturated carbocycles. The number of methoxy groups -OCH3 is 1. The molecule has 0 bridgehead atoms. The lowest BCUT2D eigenvalue weighted by atomic mass is 9.76. The molecule has 1 unspecified atom stereocenters. The first kappa shape index (κ1) is 26.3. The number of piperidine rings is 1. The van der Waals surface area contributed by atoms with Gasteiger partial charge in [-0.15, -0.1) is 0 Å². The van der Waals surface area contributed by atoms with Crippen LogP contribution in [0.3, 0.4) is 0 Å². The van der Waals surface area contributed by atoms with Gasteiger partial charge in [-0.2, -0.15) is 0 Å². The maximum absolute atomic E-state index is 12.8. The van der Waals surface area contributed by atoms with Gasteiger partial charge in [0.25, 0.3) is 0 Å². The highest BCUT2D eigenvalue weighted by Gasteiger charge is 2.36. The van der Waals surface area contributed by atoms with Crippen molar-refractivity contribution in [2.45, 2.75) is 70.6 Å². The summed E-state index contributed by atoms with van der Waals surface area (Å²) in [6, 6.07) is 6.81. The van der Waals surface area contributed by atoms with Gasteiger partial charge >= 0.3 is 5.97 Å². The summed E-state index contributed by atoms with van der Waals surface area (Å²) in [6.07, 6.45) is 9.37. The van der Waals surface area contributed by atoms with Crippen molar-refractivity contribution in [1.29, 1.82) is 0 Å². The van der Waals surface area contributed by atoms with Crippen LogP contribution in [0.4, 0.5) is 0 Å². The van der Waals surface area contributed by atoms with Gasteiger partial charge < -0.3 is 9.64 Å².